The highest BCUT2D eigenvalue weighted by atomic mass is 16.1. The second kappa shape index (κ2) is 4.46. The zero-order chi connectivity index (χ0) is 10.8. The minimum absolute atomic E-state index is 0.167. The van der Waals surface area contributed by atoms with Crippen molar-refractivity contribution in [3.63, 3.8) is 0 Å². The van der Waals surface area contributed by atoms with E-state index in [0.29, 0.717) is 11.7 Å². The van der Waals surface area contributed by atoms with Crippen LogP contribution in [-0.2, 0) is 4.79 Å². The van der Waals surface area contributed by atoms with Crippen LogP contribution < -0.4 is 0 Å². The van der Waals surface area contributed by atoms with Gasteiger partial charge < -0.3 is 0 Å². The second-order valence-electron chi connectivity index (χ2n) is 6.16. The Balaban J connectivity index is 2.38. The van der Waals surface area contributed by atoms with Crippen LogP contribution in [-0.4, -0.2) is 5.78 Å². The lowest BCUT2D eigenvalue weighted by molar-refractivity contribution is -0.125. The van der Waals surface area contributed by atoms with Crippen molar-refractivity contribution < 1.29 is 4.79 Å². The van der Waals surface area contributed by atoms with E-state index >= 15 is 0 Å². The Hall–Kier alpha value is -0.330. The van der Waals surface area contributed by atoms with Gasteiger partial charge in [-0.05, 0) is 24.2 Å². The molecule has 0 amide bonds. The molecule has 0 bridgehead atoms. The minimum Gasteiger partial charge on any atom is -0.299 e. The summed E-state index contributed by atoms with van der Waals surface area (Å²) in [6.45, 7) is 8.74. The first-order chi connectivity index (χ1) is 6.38. The number of carbonyl (C=O) groups is 1. The summed E-state index contributed by atoms with van der Waals surface area (Å²) in [6.07, 6.45) is 5.53. The molecule has 1 heteroatoms. The van der Waals surface area contributed by atoms with Crippen LogP contribution >= 0.6 is 0 Å². The van der Waals surface area contributed by atoms with E-state index in [1.165, 1.54) is 12.8 Å². The van der Waals surface area contributed by atoms with Crippen LogP contribution in [0.2, 0.25) is 0 Å². The lowest BCUT2D eigenvalue weighted by Gasteiger charge is -2.27. The van der Waals surface area contributed by atoms with Gasteiger partial charge in [-0.25, -0.2) is 0 Å². The van der Waals surface area contributed by atoms with E-state index in [1.807, 2.05) is 0 Å². The molecule has 0 atom stereocenters. The van der Waals surface area contributed by atoms with E-state index in [0.717, 1.165) is 25.2 Å². The van der Waals surface area contributed by atoms with E-state index in [1.54, 1.807) is 0 Å². The molecule has 1 saturated carbocycles. The Morgan fingerprint density at radius 3 is 2.07 bits per heavy atom. The molecule has 0 N–H and O–H groups in total. The quantitative estimate of drug-likeness (QED) is 0.656. The SMILES string of the molecule is CC1CCC(C(=O)CC(C)(C)C)CC1. The summed E-state index contributed by atoms with van der Waals surface area (Å²) in [5.74, 6) is 1.73. The van der Waals surface area contributed by atoms with Crippen LogP contribution in [0.1, 0.15) is 59.8 Å². The van der Waals surface area contributed by atoms with Crippen molar-refractivity contribution >= 4 is 5.78 Å². The van der Waals surface area contributed by atoms with Crippen molar-refractivity contribution in [3.05, 3.63) is 0 Å². The van der Waals surface area contributed by atoms with Gasteiger partial charge in [0.1, 0.15) is 5.78 Å². The fraction of sp³-hybridized carbons (Fsp3) is 0.923. The highest BCUT2D eigenvalue weighted by Gasteiger charge is 2.26. The molecule has 1 nitrogen and oxygen atoms in total. The molecule has 0 unspecified atom stereocenters. The van der Waals surface area contributed by atoms with Crippen LogP contribution in [0.15, 0.2) is 0 Å². The highest BCUT2D eigenvalue weighted by Crippen LogP contribution is 2.32. The summed E-state index contributed by atoms with van der Waals surface area (Å²) in [6, 6.07) is 0. The van der Waals surface area contributed by atoms with Gasteiger partial charge in [0.25, 0.3) is 0 Å². The Kier molecular flexibility index (Phi) is 3.74. The topological polar surface area (TPSA) is 17.1 Å². The molecule has 0 aromatic carbocycles. The summed E-state index contributed by atoms with van der Waals surface area (Å²) >= 11 is 0. The Bertz CT molecular complexity index is 192. The summed E-state index contributed by atoms with van der Waals surface area (Å²) in [5.41, 5.74) is 0.167. The molecule has 0 radical (unpaired) electrons. The highest BCUT2D eigenvalue weighted by molar-refractivity contribution is 5.81. The average Bonchev–Trinajstić information content (AvgIpc) is 2.02. The van der Waals surface area contributed by atoms with E-state index < -0.39 is 0 Å². The molecule has 14 heavy (non-hydrogen) atoms. The molecule has 0 spiro atoms. The van der Waals surface area contributed by atoms with Gasteiger partial charge in [0.05, 0.1) is 0 Å². The monoisotopic (exact) mass is 196 g/mol. The largest absolute Gasteiger partial charge is 0.299 e. The number of carbonyl (C=O) groups excluding carboxylic acids is 1. The van der Waals surface area contributed by atoms with Gasteiger partial charge in [-0.2, -0.15) is 0 Å². The first-order valence-electron chi connectivity index (χ1n) is 5.91. The van der Waals surface area contributed by atoms with Crippen LogP contribution in [0.4, 0.5) is 0 Å². The van der Waals surface area contributed by atoms with E-state index in [-0.39, 0.29) is 5.41 Å². The average molecular weight is 196 g/mol. The molecule has 0 heterocycles. The van der Waals surface area contributed by atoms with Crippen LogP contribution in [0.3, 0.4) is 0 Å². The number of Topliss-reactive ketones (excluding diaryl/α,β-unsaturated/α-hetero) is 1. The van der Waals surface area contributed by atoms with Gasteiger partial charge in [-0.1, -0.05) is 40.5 Å². The van der Waals surface area contributed by atoms with Crippen molar-refractivity contribution in [3.8, 4) is 0 Å². The molecule has 1 aliphatic carbocycles. The molecule has 0 aliphatic heterocycles. The van der Waals surface area contributed by atoms with Crippen molar-refractivity contribution in [2.75, 3.05) is 0 Å². The normalized spacial score (nSPS) is 28.9. The number of hydrogen-bond donors (Lipinski definition) is 0. The molecule has 1 fully saturated rings. The Morgan fingerprint density at radius 2 is 1.64 bits per heavy atom. The zero-order valence-electron chi connectivity index (χ0n) is 10.1. The third kappa shape index (κ3) is 3.81. The summed E-state index contributed by atoms with van der Waals surface area (Å²) in [7, 11) is 0. The fourth-order valence-electron chi connectivity index (χ4n) is 2.25. The van der Waals surface area contributed by atoms with Crippen molar-refractivity contribution in [2.45, 2.75) is 59.8 Å². The molecule has 0 aromatic heterocycles. The Morgan fingerprint density at radius 1 is 1.14 bits per heavy atom. The standard InChI is InChI=1S/C13H24O/c1-10-5-7-11(8-6-10)12(14)9-13(2,3)4/h10-11H,5-9H2,1-4H3. The third-order valence-corrected chi connectivity index (χ3v) is 3.18. The summed E-state index contributed by atoms with van der Waals surface area (Å²) < 4.78 is 0. The third-order valence-electron chi connectivity index (χ3n) is 3.18. The van der Waals surface area contributed by atoms with Crippen molar-refractivity contribution in [1.82, 2.24) is 0 Å². The van der Waals surface area contributed by atoms with Crippen LogP contribution in [0, 0.1) is 17.3 Å². The van der Waals surface area contributed by atoms with E-state index in [9.17, 15) is 4.79 Å². The molecule has 0 aromatic rings. The smallest absolute Gasteiger partial charge is 0.136 e. The summed E-state index contributed by atoms with van der Waals surface area (Å²) in [4.78, 5) is 11.9. The van der Waals surface area contributed by atoms with Gasteiger partial charge in [0.2, 0.25) is 0 Å². The first-order valence-corrected chi connectivity index (χ1v) is 5.91. The van der Waals surface area contributed by atoms with Gasteiger partial charge in [0, 0.05) is 12.3 Å². The number of rotatable bonds is 2. The first kappa shape index (κ1) is 11.7. The van der Waals surface area contributed by atoms with Crippen molar-refractivity contribution in [1.29, 1.82) is 0 Å². The maximum atomic E-state index is 11.9. The lowest BCUT2D eigenvalue weighted by atomic mass is 9.77. The maximum absolute atomic E-state index is 11.9. The van der Waals surface area contributed by atoms with E-state index in [4.69, 9.17) is 0 Å². The fourth-order valence-corrected chi connectivity index (χ4v) is 2.25. The van der Waals surface area contributed by atoms with Gasteiger partial charge >= 0.3 is 0 Å². The van der Waals surface area contributed by atoms with E-state index in [2.05, 4.69) is 27.7 Å². The second-order valence-corrected chi connectivity index (χ2v) is 6.16. The molecule has 0 saturated heterocycles. The van der Waals surface area contributed by atoms with Crippen LogP contribution in [0.25, 0.3) is 0 Å². The minimum atomic E-state index is 0.167. The van der Waals surface area contributed by atoms with Gasteiger partial charge in [0.15, 0.2) is 0 Å². The predicted octanol–water partition coefficient (Wildman–Crippen LogP) is 3.82. The maximum Gasteiger partial charge on any atom is 0.136 e. The Labute approximate surface area is 88.3 Å². The predicted molar refractivity (Wildman–Crippen MR) is 60.2 cm³/mol. The van der Waals surface area contributed by atoms with Gasteiger partial charge in [-0.15, -0.1) is 0 Å². The van der Waals surface area contributed by atoms with Gasteiger partial charge in [-0.3, -0.25) is 4.79 Å². The molecular weight excluding hydrogens is 172 g/mol. The van der Waals surface area contributed by atoms with Crippen molar-refractivity contribution in [2.24, 2.45) is 17.3 Å². The zero-order valence-corrected chi connectivity index (χ0v) is 10.1. The number of hydrogen-bond acceptors (Lipinski definition) is 1. The van der Waals surface area contributed by atoms with Crippen LogP contribution in [0.5, 0.6) is 0 Å². The molecule has 82 valence electrons. The molecule has 1 aliphatic rings. The molecule has 1 rings (SSSR count). The molecular formula is C13H24O. The number of ketones is 1. The lowest BCUT2D eigenvalue weighted by Crippen LogP contribution is -2.24. The summed E-state index contributed by atoms with van der Waals surface area (Å²) in [5, 5.41) is 0.